The average Bonchev–Trinajstić information content (AvgIpc) is 3.07. The molecule has 1 amide bonds. The maximum Gasteiger partial charge on any atom is 0.225 e. The van der Waals surface area contributed by atoms with Gasteiger partial charge in [0.1, 0.15) is 0 Å². The van der Waals surface area contributed by atoms with Crippen LogP contribution in [0.5, 0.6) is 0 Å². The summed E-state index contributed by atoms with van der Waals surface area (Å²) in [6.07, 6.45) is 8.39. The average molecular weight is 288 g/mol. The first-order chi connectivity index (χ1) is 7.60. The number of amides is 1. The van der Waals surface area contributed by atoms with Gasteiger partial charge in [-0.15, -0.1) is 0 Å². The van der Waals surface area contributed by atoms with Crippen molar-refractivity contribution in [3.63, 3.8) is 0 Å². The summed E-state index contributed by atoms with van der Waals surface area (Å²) in [4.78, 5) is 12.2. The number of rotatable bonds is 4. The molecule has 2 nitrogen and oxygen atoms in total. The first kappa shape index (κ1) is 12.4. The van der Waals surface area contributed by atoms with Crippen LogP contribution in [-0.2, 0) is 4.79 Å². The van der Waals surface area contributed by atoms with Gasteiger partial charge in [0.15, 0.2) is 0 Å². The number of carbonyl (C=O) groups excluding carboxylic acids is 1. The van der Waals surface area contributed by atoms with E-state index in [4.69, 9.17) is 0 Å². The Morgan fingerprint density at radius 3 is 2.31 bits per heavy atom. The molecule has 3 heteroatoms. The zero-order valence-electron chi connectivity index (χ0n) is 10.2. The van der Waals surface area contributed by atoms with E-state index in [1.54, 1.807) is 0 Å². The molecule has 0 radical (unpaired) electrons. The molecule has 0 atom stereocenters. The van der Waals surface area contributed by atoms with Crippen molar-refractivity contribution in [3.8, 4) is 0 Å². The van der Waals surface area contributed by atoms with Crippen LogP contribution in [0.25, 0.3) is 0 Å². The molecule has 1 N–H and O–H groups in total. The molecular weight excluding hydrogens is 266 g/mol. The van der Waals surface area contributed by atoms with Gasteiger partial charge in [0.2, 0.25) is 5.91 Å². The predicted octanol–water partition coefficient (Wildman–Crippen LogP) is 3.25. The fourth-order valence-electron chi connectivity index (χ4n) is 2.57. The van der Waals surface area contributed by atoms with Crippen molar-refractivity contribution < 1.29 is 4.79 Å². The van der Waals surface area contributed by atoms with E-state index < -0.39 is 0 Å². The Balaban J connectivity index is 1.82. The third-order valence-corrected chi connectivity index (χ3v) is 5.56. The van der Waals surface area contributed by atoms with Crippen molar-refractivity contribution in [1.82, 2.24) is 5.32 Å². The third-order valence-electron chi connectivity index (χ3n) is 4.37. The number of nitrogens with one attached hydrogen (secondary N) is 1. The summed E-state index contributed by atoms with van der Waals surface area (Å²) in [7, 11) is 0. The number of hydrogen-bond donors (Lipinski definition) is 1. The van der Waals surface area contributed by atoms with Gasteiger partial charge in [-0.25, -0.2) is 0 Å². The lowest BCUT2D eigenvalue weighted by atomic mass is 9.75. The summed E-state index contributed by atoms with van der Waals surface area (Å²) < 4.78 is 0. The molecule has 0 bridgehead atoms. The van der Waals surface area contributed by atoms with Crippen LogP contribution in [0.1, 0.15) is 51.9 Å². The van der Waals surface area contributed by atoms with Gasteiger partial charge < -0.3 is 5.32 Å². The Bertz CT molecular complexity index is 267. The van der Waals surface area contributed by atoms with Crippen molar-refractivity contribution in [1.29, 1.82) is 0 Å². The Kier molecular flexibility index (Phi) is 3.62. The van der Waals surface area contributed by atoms with Gasteiger partial charge in [-0.3, -0.25) is 4.79 Å². The Morgan fingerprint density at radius 2 is 1.81 bits per heavy atom. The van der Waals surface area contributed by atoms with Gasteiger partial charge in [0.25, 0.3) is 0 Å². The molecule has 0 aromatic rings. The van der Waals surface area contributed by atoms with Crippen molar-refractivity contribution in [2.75, 3.05) is 11.9 Å². The maximum absolute atomic E-state index is 12.2. The zero-order valence-corrected chi connectivity index (χ0v) is 11.7. The standard InChI is InChI=1S/C13H22BrNO/c1-12(5-3-2-4-6-12)11(16)15-10-13(9-14)7-8-13/h2-10H2,1H3,(H,15,16). The van der Waals surface area contributed by atoms with Crippen LogP contribution in [-0.4, -0.2) is 17.8 Å². The van der Waals surface area contributed by atoms with Gasteiger partial charge in [0, 0.05) is 17.3 Å². The van der Waals surface area contributed by atoms with Crippen LogP contribution in [0.4, 0.5) is 0 Å². The normalized spacial score (nSPS) is 26.1. The van der Waals surface area contributed by atoms with E-state index in [0.29, 0.717) is 11.3 Å². The van der Waals surface area contributed by atoms with Crippen molar-refractivity contribution >= 4 is 21.8 Å². The molecule has 16 heavy (non-hydrogen) atoms. The van der Waals surface area contributed by atoms with Crippen LogP contribution >= 0.6 is 15.9 Å². The molecule has 0 aromatic heterocycles. The molecule has 2 rings (SSSR count). The lowest BCUT2D eigenvalue weighted by molar-refractivity contribution is -0.132. The van der Waals surface area contributed by atoms with Gasteiger partial charge in [-0.05, 0) is 31.1 Å². The summed E-state index contributed by atoms with van der Waals surface area (Å²) in [6.45, 7) is 3.00. The summed E-state index contributed by atoms with van der Waals surface area (Å²) >= 11 is 3.54. The van der Waals surface area contributed by atoms with Crippen molar-refractivity contribution in [2.45, 2.75) is 51.9 Å². The lowest BCUT2D eigenvalue weighted by Crippen LogP contribution is -2.42. The monoisotopic (exact) mass is 287 g/mol. The van der Waals surface area contributed by atoms with E-state index in [0.717, 1.165) is 24.7 Å². The second-order valence-corrected chi connectivity index (χ2v) is 6.50. The molecule has 2 saturated carbocycles. The highest BCUT2D eigenvalue weighted by Crippen LogP contribution is 2.46. The van der Waals surface area contributed by atoms with Crippen LogP contribution in [0.3, 0.4) is 0 Å². The molecule has 92 valence electrons. The highest BCUT2D eigenvalue weighted by molar-refractivity contribution is 9.09. The molecule has 2 aliphatic carbocycles. The molecule has 2 fully saturated rings. The smallest absolute Gasteiger partial charge is 0.225 e. The van der Waals surface area contributed by atoms with Gasteiger partial charge >= 0.3 is 0 Å². The molecule has 0 unspecified atom stereocenters. The first-order valence-corrected chi connectivity index (χ1v) is 7.57. The Morgan fingerprint density at radius 1 is 1.19 bits per heavy atom. The highest BCUT2D eigenvalue weighted by Gasteiger charge is 2.43. The number of carbonyl (C=O) groups is 1. The minimum absolute atomic E-state index is 0.0827. The van der Waals surface area contributed by atoms with Gasteiger partial charge in [0.05, 0.1) is 0 Å². The SMILES string of the molecule is CC1(C(=O)NCC2(CBr)CC2)CCCCC1. The summed E-state index contributed by atoms with van der Waals surface area (Å²) in [5, 5.41) is 4.20. The number of alkyl halides is 1. The molecule has 0 spiro atoms. The van der Waals surface area contributed by atoms with Crippen LogP contribution in [0, 0.1) is 10.8 Å². The van der Waals surface area contributed by atoms with Gasteiger partial charge in [-0.1, -0.05) is 42.1 Å². The van der Waals surface area contributed by atoms with E-state index in [1.165, 1.54) is 32.1 Å². The third kappa shape index (κ3) is 2.61. The summed E-state index contributed by atoms with van der Waals surface area (Å²) in [6, 6.07) is 0. The zero-order chi connectivity index (χ0) is 11.6. The maximum atomic E-state index is 12.2. The van der Waals surface area contributed by atoms with Crippen LogP contribution < -0.4 is 5.32 Å². The number of hydrogen-bond acceptors (Lipinski definition) is 1. The second-order valence-electron chi connectivity index (χ2n) is 5.94. The summed E-state index contributed by atoms with van der Waals surface area (Å²) in [5.41, 5.74) is 0.307. The topological polar surface area (TPSA) is 29.1 Å². The Labute approximate surface area is 107 Å². The molecular formula is C13H22BrNO. The van der Waals surface area contributed by atoms with E-state index in [2.05, 4.69) is 28.2 Å². The first-order valence-electron chi connectivity index (χ1n) is 6.45. The van der Waals surface area contributed by atoms with E-state index >= 15 is 0 Å². The second kappa shape index (κ2) is 4.67. The van der Waals surface area contributed by atoms with Crippen molar-refractivity contribution in [2.24, 2.45) is 10.8 Å². The fourth-order valence-corrected chi connectivity index (χ4v) is 3.33. The molecule has 0 aromatic carbocycles. The predicted molar refractivity (Wildman–Crippen MR) is 69.7 cm³/mol. The molecule has 2 aliphatic rings. The van der Waals surface area contributed by atoms with Gasteiger partial charge in [-0.2, -0.15) is 0 Å². The van der Waals surface area contributed by atoms with E-state index in [-0.39, 0.29) is 5.41 Å². The minimum Gasteiger partial charge on any atom is -0.355 e. The fraction of sp³-hybridized carbons (Fsp3) is 0.923. The van der Waals surface area contributed by atoms with Crippen LogP contribution in [0.2, 0.25) is 0 Å². The number of halogens is 1. The van der Waals surface area contributed by atoms with E-state index in [9.17, 15) is 4.79 Å². The summed E-state index contributed by atoms with van der Waals surface area (Å²) in [5.74, 6) is 0.291. The van der Waals surface area contributed by atoms with Crippen molar-refractivity contribution in [3.05, 3.63) is 0 Å². The lowest BCUT2D eigenvalue weighted by Gasteiger charge is -2.32. The molecule has 0 heterocycles. The quantitative estimate of drug-likeness (QED) is 0.790. The molecule has 0 aliphatic heterocycles. The largest absolute Gasteiger partial charge is 0.355 e. The van der Waals surface area contributed by atoms with E-state index in [1.807, 2.05) is 0 Å². The molecule has 0 saturated heterocycles. The highest BCUT2D eigenvalue weighted by atomic mass is 79.9. The Hall–Kier alpha value is -0.0500. The van der Waals surface area contributed by atoms with Crippen LogP contribution in [0.15, 0.2) is 0 Å². The minimum atomic E-state index is -0.0827.